The van der Waals surface area contributed by atoms with Gasteiger partial charge in [0.2, 0.25) is 0 Å². The molecule has 30 heavy (non-hydrogen) atoms. The zero-order valence-electron chi connectivity index (χ0n) is 17.6. The molecule has 0 N–H and O–H groups in total. The third kappa shape index (κ3) is 5.22. The van der Waals surface area contributed by atoms with Crippen LogP contribution < -0.4 is 0 Å². The molecule has 1 saturated heterocycles. The Morgan fingerprint density at radius 2 is 1.73 bits per heavy atom. The van der Waals surface area contributed by atoms with Crippen molar-refractivity contribution < 1.29 is 22.7 Å². The van der Waals surface area contributed by atoms with E-state index in [2.05, 4.69) is 43.0 Å². The summed E-state index contributed by atoms with van der Waals surface area (Å²) >= 11 is 0. The number of esters is 1. The lowest BCUT2D eigenvalue weighted by Crippen LogP contribution is -2.39. The van der Waals surface area contributed by atoms with E-state index in [1.807, 2.05) is 0 Å². The maximum Gasteiger partial charge on any atom is 0.416 e. The molecule has 1 aliphatic rings. The second kappa shape index (κ2) is 9.21. The van der Waals surface area contributed by atoms with E-state index >= 15 is 0 Å². The van der Waals surface area contributed by atoms with E-state index in [-0.39, 0.29) is 17.9 Å². The van der Waals surface area contributed by atoms with Gasteiger partial charge in [-0.3, -0.25) is 9.69 Å². The van der Waals surface area contributed by atoms with Gasteiger partial charge in [0.25, 0.3) is 0 Å². The van der Waals surface area contributed by atoms with E-state index in [9.17, 15) is 18.0 Å². The first-order chi connectivity index (χ1) is 14.2. The molecule has 162 valence electrons. The molecule has 0 radical (unpaired) electrons. The van der Waals surface area contributed by atoms with Crippen LogP contribution in [0, 0.1) is 5.92 Å². The average Bonchev–Trinajstić information content (AvgIpc) is 2.73. The molecule has 2 aromatic carbocycles. The van der Waals surface area contributed by atoms with Crippen molar-refractivity contribution in [3.63, 3.8) is 0 Å². The molecule has 2 atom stereocenters. The summed E-state index contributed by atoms with van der Waals surface area (Å²) in [5.41, 5.74) is 2.54. The van der Waals surface area contributed by atoms with Gasteiger partial charge in [0.15, 0.2) is 0 Å². The van der Waals surface area contributed by atoms with Crippen LogP contribution in [0.2, 0.25) is 0 Å². The SMILES string of the molecule is COC(=O)[C@@H]1CCN(Cc2ccc(C(C)C)cc2)[C@H](c2ccc(C(F)(F)F)cc2)C1. The summed E-state index contributed by atoms with van der Waals surface area (Å²) in [7, 11) is 1.37. The Bertz CT molecular complexity index is 844. The Morgan fingerprint density at radius 3 is 2.27 bits per heavy atom. The number of rotatable bonds is 5. The molecule has 0 aliphatic carbocycles. The van der Waals surface area contributed by atoms with E-state index in [4.69, 9.17) is 4.74 Å². The van der Waals surface area contributed by atoms with Crippen molar-refractivity contribution in [2.45, 2.75) is 51.4 Å². The highest BCUT2D eigenvalue weighted by Crippen LogP contribution is 2.37. The lowest BCUT2D eigenvalue weighted by Gasteiger charge is -2.39. The minimum absolute atomic E-state index is 0.144. The average molecular weight is 419 g/mol. The van der Waals surface area contributed by atoms with Crippen LogP contribution in [0.5, 0.6) is 0 Å². The summed E-state index contributed by atoms with van der Waals surface area (Å²) < 4.78 is 43.8. The monoisotopic (exact) mass is 419 g/mol. The first-order valence-corrected chi connectivity index (χ1v) is 10.3. The zero-order chi connectivity index (χ0) is 21.9. The lowest BCUT2D eigenvalue weighted by atomic mass is 9.86. The van der Waals surface area contributed by atoms with Crippen LogP contribution in [0.15, 0.2) is 48.5 Å². The molecule has 2 aromatic rings. The van der Waals surface area contributed by atoms with Gasteiger partial charge in [-0.1, -0.05) is 50.2 Å². The topological polar surface area (TPSA) is 29.5 Å². The molecule has 1 fully saturated rings. The maximum absolute atomic E-state index is 13.0. The number of carbonyl (C=O) groups is 1. The molecule has 0 aromatic heterocycles. The smallest absolute Gasteiger partial charge is 0.416 e. The molecular formula is C24H28F3NO2. The van der Waals surface area contributed by atoms with Crippen LogP contribution in [-0.4, -0.2) is 24.5 Å². The Labute approximate surface area is 175 Å². The summed E-state index contributed by atoms with van der Waals surface area (Å²) in [5, 5.41) is 0. The fraction of sp³-hybridized carbons (Fsp3) is 0.458. The van der Waals surface area contributed by atoms with Crippen LogP contribution >= 0.6 is 0 Å². The first-order valence-electron chi connectivity index (χ1n) is 10.3. The van der Waals surface area contributed by atoms with Crippen LogP contribution in [0.3, 0.4) is 0 Å². The minimum atomic E-state index is -4.36. The second-order valence-corrected chi connectivity index (χ2v) is 8.25. The molecule has 0 spiro atoms. The first kappa shape index (κ1) is 22.3. The molecule has 1 heterocycles. The van der Waals surface area contributed by atoms with E-state index < -0.39 is 11.7 Å². The van der Waals surface area contributed by atoms with E-state index in [1.54, 1.807) is 0 Å². The number of alkyl halides is 3. The Kier molecular flexibility index (Phi) is 6.86. The third-order valence-electron chi connectivity index (χ3n) is 5.90. The normalized spacial score (nSPS) is 20.4. The number of likely N-dealkylation sites (tertiary alicyclic amines) is 1. The number of nitrogens with zero attached hydrogens (tertiary/aromatic N) is 1. The van der Waals surface area contributed by atoms with Crippen molar-refractivity contribution in [3.05, 3.63) is 70.8 Å². The molecule has 0 bridgehead atoms. The highest BCUT2D eigenvalue weighted by molar-refractivity contribution is 5.72. The van der Waals surface area contributed by atoms with Gasteiger partial charge >= 0.3 is 12.1 Å². The maximum atomic E-state index is 13.0. The van der Waals surface area contributed by atoms with E-state index in [0.29, 0.717) is 31.8 Å². The fourth-order valence-electron chi connectivity index (χ4n) is 4.07. The van der Waals surface area contributed by atoms with Crippen molar-refractivity contribution in [2.24, 2.45) is 5.92 Å². The van der Waals surface area contributed by atoms with Crippen molar-refractivity contribution in [1.29, 1.82) is 0 Å². The van der Waals surface area contributed by atoms with Crippen molar-refractivity contribution in [1.82, 2.24) is 4.90 Å². The predicted molar refractivity (Wildman–Crippen MR) is 110 cm³/mol. The van der Waals surface area contributed by atoms with Gasteiger partial charge < -0.3 is 4.74 Å². The highest BCUT2D eigenvalue weighted by Gasteiger charge is 2.35. The molecular weight excluding hydrogens is 391 g/mol. The van der Waals surface area contributed by atoms with Gasteiger partial charge in [0.05, 0.1) is 18.6 Å². The van der Waals surface area contributed by atoms with Crippen LogP contribution in [0.25, 0.3) is 0 Å². The molecule has 1 aliphatic heterocycles. The standard InChI is InChI=1S/C24H28F3NO2/c1-16(2)18-6-4-17(5-7-18)15-28-13-12-20(23(29)30-3)14-22(28)19-8-10-21(11-9-19)24(25,26)27/h4-11,16,20,22H,12-15H2,1-3H3/t20-,22+/m1/s1. The van der Waals surface area contributed by atoms with Crippen LogP contribution in [0.4, 0.5) is 13.2 Å². The zero-order valence-corrected chi connectivity index (χ0v) is 17.6. The van der Waals surface area contributed by atoms with Crippen molar-refractivity contribution >= 4 is 5.97 Å². The number of hydrogen-bond acceptors (Lipinski definition) is 3. The molecule has 0 amide bonds. The van der Waals surface area contributed by atoms with Gasteiger partial charge in [0, 0.05) is 12.6 Å². The number of benzene rings is 2. The van der Waals surface area contributed by atoms with Crippen molar-refractivity contribution in [2.75, 3.05) is 13.7 Å². The predicted octanol–water partition coefficient (Wildman–Crippen LogP) is 5.96. The fourth-order valence-corrected chi connectivity index (χ4v) is 4.07. The highest BCUT2D eigenvalue weighted by atomic mass is 19.4. The number of halogens is 3. The summed E-state index contributed by atoms with van der Waals surface area (Å²) in [4.78, 5) is 14.3. The molecule has 0 unspecified atom stereocenters. The van der Waals surface area contributed by atoms with Gasteiger partial charge in [-0.15, -0.1) is 0 Å². The molecule has 3 nitrogen and oxygen atoms in total. The van der Waals surface area contributed by atoms with E-state index in [0.717, 1.165) is 23.3 Å². The number of ether oxygens (including phenoxy) is 1. The number of carbonyl (C=O) groups excluding carboxylic acids is 1. The largest absolute Gasteiger partial charge is 0.469 e. The van der Waals surface area contributed by atoms with Crippen LogP contribution in [-0.2, 0) is 22.3 Å². The summed E-state index contributed by atoms with van der Waals surface area (Å²) in [5.74, 6) is -0.0514. The molecule has 3 rings (SSSR count). The summed E-state index contributed by atoms with van der Waals surface area (Å²) in [6, 6.07) is 13.6. The Balaban J connectivity index is 1.83. The van der Waals surface area contributed by atoms with Gasteiger partial charge in [-0.05, 0) is 54.1 Å². The number of piperidine rings is 1. The summed E-state index contributed by atoms with van der Waals surface area (Å²) in [6.07, 6.45) is -3.16. The summed E-state index contributed by atoms with van der Waals surface area (Å²) in [6.45, 7) is 5.65. The number of methoxy groups -OCH3 is 1. The quantitative estimate of drug-likeness (QED) is 0.561. The van der Waals surface area contributed by atoms with Gasteiger partial charge in [-0.25, -0.2) is 0 Å². The third-order valence-corrected chi connectivity index (χ3v) is 5.90. The molecule has 0 saturated carbocycles. The lowest BCUT2D eigenvalue weighted by molar-refractivity contribution is -0.148. The Hall–Kier alpha value is -2.34. The Morgan fingerprint density at radius 1 is 1.10 bits per heavy atom. The van der Waals surface area contributed by atoms with Crippen LogP contribution in [0.1, 0.15) is 60.9 Å². The molecule has 6 heteroatoms. The second-order valence-electron chi connectivity index (χ2n) is 8.25. The van der Waals surface area contributed by atoms with Gasteiger partial charge in [-0.2, -0.15) is 13.2 Å². The number of hydrogen-bond donors (Lipinski definition) is 0. The van der Waals surface area contributed by atoms with E-state index in [1.165, 1.54) is 24.8 Å². The minimum Gasteiger partial charge on any atom is -0.469 e. The van der Waals surface area contributed by atoms with Gasteiger partial charge in [0.1, 0.15) is 0 Å². The van der Waals surface area contributed by atoms with Crippen molar-refractivity contribution in [3.8, 4) is 0 Å².